The molecule has 24 nitrogen and oxygen atoms in total. The molecule has 0 saturated heterocycles. The molecule has 3 aliphatic rings. The third-order valence-corrected chi connectivity index (χ3v) is 17.2. The minimum Gasteiger partial charge on any atom is -0.480 e. The first-order chi connectivity index (χ1) is 46.9. The number of rotatable bonds is 18. The summed E-state index contributed by atoms with van der Waals surface area (Å²) in [6.45, 7) is 18.2. The van der Waals surface area contributed by atoms with E-state index in [1.807, 2.05) is 0 Å². The fourth-order valence-electron chi connectivity index (χ4n) is 11.9. The lowest BCUT2D eigenvalue weighted by Gasteiger charge is -2.27. The molecule has 0 bridgehead atoms. The standard InChI is InChI=1S/2C24H25FN4O4.C24H28FN3O5/c2*1-13-10-16(7-8-18(13)25)28-22(31)17-11-20(29-9-5-4-6-19(17)29)21(30)23(32)27-15(3)24-26-14(2)12-33-24;1-13-11-14(8-9-16(13)25)26-21(30)15-12-18(28-10-6-5-7-17(15)28)19(29)22(31)27-20(23(32)33)24(2,3)4/h2*7-8,10-12,15H,4-6,9H2,1-3H3,(H,27,32)(H,28,31);8-9,11-12,20H,5-7,10H2,1-4H3,(H,26,30)(H,27,31)(H,32,33)/t2*15-;20-/m100/s1. The van der Waals surface area contributed by atoms with E-state index in [1.54, 1.807) is 95.1 Å². The van der Waals surface area contributed by atoms with E-state index in [4.69, 9.17) is 8.83 Å². The Bertz CT molecular complexity index is 4310. The topological polar surface area (TPSA) is 330 Å². The van der Waals surface area contributed by atoms with Gasteiger partial charge in [0.25, 0.3) is 52.8 Å². The third-order valence-electron chi connectivity index (χ3n) is 17.2. The number of carbonyl (C=O) groups excluding carboxylic acids is 9. The number of nitrogens with zero attached hydrogens (tertiary/aromatic N) is 5. The van der Waals surface area contributed by atoms with E-state index in [0.717, 1.165) is 38.5 Å². The van der Waals surface area contributed by atoms with Gasteiger partial charge in [-0.15, -0.1) is 0 Å². The Kier molecular flexibility index (Phi) is 22.3. The van der Waals surface area contributed by atoms with Crippen molar-refractivity contribution >= 4 is 75.8 Å². The van der Waals surface area contributed by atoms with Gasteiger partial charge in [-0.3, -0.25) is 43.2 Å². The van der Waals surface area contributed by atoms with E-state index < -0.39 is 82.3 Å². The highest BCUT2D eigenvalue weighted by molar-refractivity contribution is 6.44. The molecule has 0 saturated carbocycles. The van der Waals surface area contributed by atoms with Crippen LogP contribution >= 0.6 is 0 Å². The summed E-state index contributed by atoms with van der Waals surface area (Å²) < 4.78 is 56.4. The lowest BCUT2D eigenvalue weighted by Crippen LogP contribution is -2.51. The summed E-state index contributed by atoms with van der Waals surface area (Å²) in [5, 5.41) is 25.2. The largest absolute Gasteiger partial charge is 0.480 e. The molecule has 3 atom stereocenters. The van der Waals surface area contributed by atoms with Gasteiger partial charge in [0.1, 0.15) is 48.1 Å². The van der Waals surface area contributed by atoms with Crippen LogP contribution in [0.5, 0.6) is 0 Å². The van der Waals surface area contributed by atoms with Gasteiger partial charge in [0.2, 0.25) is 11.8 Å². The van der Waals surface area contributed by atoms with Crippen molar-refractivity contribution in [1.29, 1.82) is 0 Å². The van der Waals surface area contributed by atoms with Gasteiger partial charge in [-0.05, 0) is 201 Å². The highest BCUT2D eigenvalue weighted by Crippen LogP contribution is 2.31. The summed E-state index contributed by atoms with van der Waals surface area (Å²) in [6, 6.07) is 14.7. The zero-order chi connectivity index (χ0) is 71.9. The molecule has 8 heterocycles. The van der Waals surface area contributed by atoms with Crippen LogP contribution in [0.2, 0.25) is 0 Å². The smallest absolute Gasteiger partial charge is 0.326 e. The van der Waals surface area contributed by atoms with Crippen LogP contribution < -0.4 is 31.9 Å². The van der Waals surface area contributed by atoms with Crippen molar-refractivity contribution in [2.75, 3.05) is 16.0 Å². The number of carbonyl (C=O) groups is 10. The average Bonchev–Trinajstić information content (AvgIpc) is 1.65. The van der Waals surface area contributed by atoms with Crippen molar-refractivity contribution in [3.05, 3.63) is 193 Å². The molecule has 0 radical (unpaired) electrons. The zero-order valence-corrected chi connectivity index (χ0v) is 56.5. The number of Topliss-reactive ketones (excluding diaryl/α,β-unsaturated/α-hetero) is 3. The Hall–Kier alpha value is -11.0. The second kappa shape index (κ2) is 30.6. The van der Waals surface area contributed by atoms with Gasteiger partial charge in [-0.25, -0.2) is 27.9 Å². The van der Waals surface area contributed by atoms with Crippen LogP contribution in [0.1, 0.15) is 205 Å². The number of benzene rings is 3. The van der Waals surface area contributed by atoms with Gasteiger partial charge in [-0.1, -0.05) is 20.8 Å². The summed E-state index contributed by atoms with van der Waals surface area (Å²) >= 11 is 0. The first kappa shape index (κ1) is 72.3. The highest BCUT2D eigenvalue weighted by atomic mass is 19.1. The molecule has 0 unspecified atom stereocenters. The molecule has 5 aromatic heterocycles. The van der Waals surface area contributed by atoms with Gasteiger partial charge < -0.3 is 59.5 Å². The molecule has 6 amide bonds. The average molecular weight is 1360 g/mol. The molecule has 3 aliphatic heterocycles. The van der Waals surface area contributed by atoms with Gasteiger partial charge >= 0.3 is 5.97 Å². The predicted octanol–water partition coefficient (Wildman–Crippen LogP) is 11.1. The van der Waals surface area contributed by atoms with Crippen LogP contribution in [0, 0.1) is 57.5 Å². The lowest BCUT2D eigenvalue weighted by atomic mass is 9.86. The Morgan fingerprint density at radius 1 is 0.465 bits per heavy atom. The molecule has 3 aromatic carbocycles. The third kappa shape index (κ3) is 16.9. The van der Waals surface area contributed by atoms with Crippen LogP contribution in [0.4, 0.5) is 30.2 Å². The maximum absolute atomic E-state index is 13.6. The fourth-order valence-corrected chi connectivity index (χ4v) is 11.9. The van der Waals surface area contributed by atoms with Crippen LogP contribution in [0.15, 0.2) is 94.2 Å². The molecule has 11 rings (SSSR count). The number of fused-ring (bicyclic) bond motifs is 3. The Morgan fingerprint density at radius 2 is 0.768 bits per heavy atom. The number of halogens is 3. The zero-order valence-electron chi connectivity index (χ0n) is 56.5. The normalized spacial score (nSPS) is 13.9. The van der Waals surface area contributed by atoms with Crippen molar-refractivity contribution in [3.63, 3.8) is 0 Å². The molecule has 27 heteroatoms. The predicted molar refractivity (Wildman–Crippen MR) is 357 cm³/mol. The number of ketones is 3. The first-order valence-corrected chi connectivity index (χ1v) is 32.4. The van der Waals surface area contributed by atoms with Crippen molar-refractivity contribution in [2.45, 2.75) is 165 Å². The van der Waals surface area contributed by atoms with Gasteiger partial charge in [0.05, 0.1) is 45.2 Å². The molecule has 0 spiro atoms. The maximum atomic E-state index is 13.6. The van der Waals surface area contributed by atoms with Crippen LogP contribution in [0.25, 0.3) is 0 Å². The maximum Gasteiger partial charge on any atom is 0.326 e. The number of carboxylic acid groups (broad SMARTS) is 1. The number of hydrogen-bond acceptors (Lipinski definition) is 14. The van der Waals surface area contributed by atoms with Crippen molar-refractivity contribution < 1.29 is 75.1 Å². The summed E-state index contributed by atoms with van der Waals surface area (Å²) in [6.07, 6.45) is 9.76. The van der Waals surface area contributed by atoms with Gasteiger partial charge in [0.15, 0.2) is 0 Å². The van der Waals surface area contributed by atoms with E-state index in [-0.39, 0.29) is 40.1 Å². The van der Waals surface area contributed by atoms with E-state index in [0.29, 0.717) is 124 Å². The Morgan fingerprint density at radius 3 is 1.03 bits per heavy atom. The quantitative estimate of drug-likeness (QED) is 0.0310. The molecular weight excluding hydrogens is 1280 g/mol. The van der Waals surface area contributed by atoms with Crippen molar-refractivity contribution in [3.8, 4) is 0 Å². The van der Waals surface area contributed by atoms with E-state index >= 15 is 0 Å². The number of carboxylic acids is 1. The molecule has 0 fully saturated rings. The van der Waals surface area contributed by atoms with E-state index in [2.05, 4.69) is 41.9 Å². The number of amides is 6. The number of hydrogen-bond donors (Lipinski definition) is 7. The SMILES string of the molecule is Cc1cc(NC(=O)c2cc(C(=O)C(=O)N[C@@H](C(=O)O)C(C)(C)C)n3c2CCCC3)ccc1F.Cc1coc([C@@H](C)NC(=O)C(=O)c2cc(C(=O)Nc3ccc(F)c(C)c3)c3n2CCCC3)n1.Cc1coc([C@H](C)NC(=O)C(=O)c2cc(C(=O)Nc3ccc(F)c(C)c3)c3n2CCCC3)n1. The van der Waals surface area contributed by atoms with Crippen LogP contribution in [-0.4, -0.2) is 93.6 Å². The van der Waals surface area contributed by atoms with Crippen LogP contribution in [-0.2, 0) is 58.1 Å². The van der Waals surface area contributed by atoms with Gasteiger partial charge in [-0.2, -0.15) is 0 Å². The van der Waals surface area contributed by atoms with Crippen molar-refractivity contribution in [1.82, 2.24) is 39.6 Å². The number of anilines is 3. The molecule has 7 N–H and O–H groups in total. The van der Waals surface area contributed by atoms with Crippen LogP contribution in [0.3, 0.4) is 0 Å². The summed E-state index contributed by atoms with van der Waals surface area (Å²) in [4.78, 5) is 136. The number of aliphatic carboxylic acids is 1. The van der Waals surface area contributed by atoms with Gasteiger partial charge in [0, 0.05) is 53.8 Å². The molecule has 520 valence electrons. The molecule has 0 aliphatic carbocycles. The lowest BCUT2D eigenvalue weighted by molar-refractivity contribution is -0.144. The minimum atomic E-state index is -1.26. The first-order valence-electron chi connectivity index (χ1n) is 32.4. The molecule has 8 aromatic rings. The fraction of sp³-hybridized carbons (Fsp3) is 0.361. The number of oxazole rings is 2. The van der Waals surface area contributed by atoms with Crippen molar-refractivity contribution in [2.24, 2.45) is 5.41 Å². The minimum absolute atomic E-state index is 0.0423. The van der Waals surface area contributed by atoms with E-state index in [9.17, 15) is 66.2 Å². The number of aryl methyl sites for hydroxylation is 5. The Labute approximate surface area is 567 Å². The number of nitrogens with one attached hydrogen (secondary N) is 6. The monoisotopic (exact) mass is 1360 g/mol. The summed E-state index contributed by atoms with van der Waals surface area (Å²) in [7, 11) is 0. The number of aromatic nitrogens is 5. The molecule has 99 heavy (non-hydrogen) atoms. The highest BCUT2D eigenvalue weighted by Gasteiger charge is 2.37. The summed E-state index contributed by atoms with van der Waals surface area (Å²) in [5.41, 5.74) is 6.43. The second-order valence-corrected chi connectivity index (χ2v) is 25.9. The summed E-state index contributed by atoms with van der Waals surface area (Å²) in [5.74, 6) is -8.02. The second-order valence-electron chi connectivity index (χ2n) is 25.9. The molecular formula is C72H78F3N11O13. The van der Waals surface area contributed by atoms with E-state index in [1.165, 1.54) is 73.2 Å². The Balaban J connectivity index is 0.000000173.